The van der Waals surface area contributed by atoms with Crippen LogP contribution in [0.1, 0.15) is 69.3 Å². The number of hydrogen-bond donors (Lipinski definition) is 1. The first-order valence-corrected chi connectivity index (χ1v) is 14.7. The van der Waals surface area contributed by atoms with Crippen molar-refractivity contribution in [3.05, 3.63) is 42.1 Å². The Morgan fingerprint density at radius 3 is 2.67 bits per heavy atom. The topological polar surface area (TPSA) is 124 Å². The van der Waals surface area contributed by atoms with Gasteiger partial charge in [-0.05, 0) is 37.8 Å². The van der Waals surface area contributed by atoms with Gasteiger partial charge in [-0.25, -0.2) is 9.78 Å². The fourth-order valence-electron chi connectivity index (χ4n) is 6.13. The molecule has 1 aromatic heterocycles. The lowest BCUT2D eigenvalue weighted by molar-refractivity contribution is -0.148. The number of methoxy groups -OCH3 is 2. The number of carbonyl (C=O) groups excluding carboxylic acids is 4. The van der Waals surface area contributed by atoms with Crippen LogP contribution < -0.4 is 14.8 Å². The highest BCUT2D eigenvalue weighted by molar-refractivity contribution is 5.97. The van der Waals surface area contributed by atoms with Crippen molar-refractivity contribution >= 4 is 34.5 Å². The fourth-order valence-corrected chi connectivity index (χ4v) is 6.13. The Labute approximate surface area is 245 Å². The van der Waals surface area contributed by atoms with Gasteiger partial charge in [0.1, 0.15) is 34.9 Å². The number of esters is 1. The number of aromatic nitrogens is 1. The molecular formula is C32H39N3O7. The van der Waals surface area contributed by atoms with E-state index in [2.05, 4.69) is 16.4 Å². The SMILES string of the molecule is COC(=O)[C@@]12CC1/C=C\CCCCC[C@H](C)C(=O)N1C[C@H](Oc3cc(C(C)=O)nc4cc(OC)ccc34)C[C@H]1C(=O)N2. The minimum atomic E-state index is -1.13. The maximum absolute atomic E-state index is 13.8. The summed E-state index contributed by atoms with van der Waals surface area (Å²) in [5.74, 6) is -0.580. The highest BCUT2D eigenvalue weighted by Gasteiger charge is 2.62. The zero-order chi connectivity index (χ0) is 30.0. The summed E-state index contributed by atoms with van der Waals surface area (Å²) in [6.07, 6.45) is 8.78. The Kier molecular flexibility index (Phi) is 8.52. The predicted molar refractivity (Wildman–Crippen MR) is 155 cm³/mol. The van der Waals surface area contributed by atoms with Crippen molar-refractivity contribution in [2.75, 3.05) is 20.8 Å². The molecule has 1 saturated carbocycles. The fraction of sp³-hybridized carbons (Fsp3) is 0.531. The summed E-state index contributed by atoms with van der Waals surface area (Å²) in [5.41, 5.74) is -0.340. The molecule has 1 aromatic carbocycles. The van der Waals surface area contributed by atoms with Crippen molar-refractivity contribution in [2.45, 2.75) is 76.5 Å². The van der Waals surface area contributed by atoms with Gasteiger partial charge in [-0.1, -0.05) is 31.9 Å². The number of nitrogens with one attached hydrogen (secondary N) is 1. The molecule has 42 heavy (non-hydrogen) atoms. The Morgan fingerprint density at radius 1 is 1.12 bits per heavy atom. The van der Waals surface area contributed by atoms with Crippen LogP contribution in [0.15, 0.2) is 36.4 Å². The van der Waals surface area contributed by atoms with Crippen LogP contribution in [-0.4, -0.2) is 71.9 Å². The first-order valence-electron chi connectivity index (χ1n) is 14.7. The largest absolute Gasteiger partial charge is 0.497 e. The molecule has 0 bridgehead atoms. The molecule has 1 saturated heterocycles. The maximum Gasteiger partial charge on any atom is 0.332 e. The lowest BCUT2D eigenvalue weighted by atomic mass is 10.0. The number of pyridine rings is 1. The van der Waals surface area contributed by atoms with Crippen LogP contribution in [0.5, 0.6) is 11.5 Å². The second-order valence-corrected chi connectivity index (χ2v) is 11.7. The zero-order valence-electron chi connectivity index (χ0n) is 24.7. The zero-order valence-corrected chi connectivity index (χ0v) is 24.7. The summed E-state index contributed by atoms with van der Waals surface area (Å²) in [5, 5.41) is 3.65. The van der Waals surface area contributed by atoms with Gasteiger partial charge >= 0.3 is 5.97 Å². The molecule has 5 atom stereocenters. The average Bonchev–Trinajstić information content (AvgIpc) is 3.51. The molecule has 10 nitrogen and oxygen atoms in total. The Hall–Kier alpha value is -3.95. The third-order valence-corrected chi connectivity index (χ3v) is 8.69. The van der Waals surface area contributed by atoms with Crippen molar-refractivity contribution in [3.63, 3.8) is 0 Å². The van der Waals surface area contributed by atoms with Crippen molar-refractivity contribution in [2.24, 2.45) is 11.8 Å². The van der Waals surface area contributed by atoms with E-state index in [1.54, 1.807) is 30.2 Å². The molecule has 5 rings (SSSR count). The summed E-state index contributed by atoms with van der Waals surface area (Å²) >= 11 is 0. The van der Waals surface area contributed by atoms with E-state index in [0.29, 0.717) is 28.8 Å². The third-order valence-electron chi connectivity index (χ3n) is 8.69. The number of amides is 2. The van der Waals surface area contributed by atoms with Crippen LogP contribution in [0.3, 0.4) is 0 Å². The number of carbonyl (C=O) groups is 4. The summed E-state index contributed by atoms with van der Waals surface area (Å²) in [6.45, 7) is 3.54. The van der Waals surface area contributed by atoms with E-state index in [1.165, 1.54) is 14.0 Å². The molecule has 0 radical (unpaired) electrons. The average molecular weight is 578 g/mol. The Balaban J connectivity index is 1.45. The second kappa shape index (κ2) is 12.1. The molecule has 0 spiro atoms. The number of rotatable bonds is 5. The number of benzene rings is 1. The molecule has 10 heteroatoms. The molecular weight excluding hydrogens is 538 g/mol. The van der Waals surface area contributed by atoms with Crippen LogP contribution in [-0.2, 0) is 19.1 Å². The molecule has 2 aliphatic heterocycles. The van der Waals surface area contributed by atoms with Gasteiger partial charge in [0.05, 0.1) is 26.3 Å². The van der Waals surface area contributed by atoms with E-state index >= 15 is 0 Å². The molecule has 2 fully saturated rings. The van der Waals surface area contributed by atoms with E-state index < -0.39 is 29.6 Å². The lowest BCUT2D eigenvalue weighted by Gasteiger charge is -2.28. The summed E-state index contributed by atoms with van der Waals surface area (Å²) in [4.78, 5) is 58.7. The number of hydrogen-bond acceptors (Lipinski definition) is 8. The normalized spacial score (nSPS) is 28.9. The Bertz CT molecular complexity index is 1420. The van der Waals surface area contributed by atoms with Crippen LogP contribution in [0.25, 0.3) is 10.9 Å². The van der Waals surface area contributed by atoms with E-state index in [-0.39, 0.29) is 42.2 Å². The first kappa shape index (κ1) is 29.5. The third kappa shape index (κ3) is 5.84. The van der Waals surface area contributed by atoms with Gasteiger partial charge in [0.25, 0.3) is 0 Å². The molecule has 3 heterocycles. The van der Waals surface area contributed by atoms with Gasteiger partial charge in [-0.15, -0.1) is 0 Å². The van der Waals surface area contributed by atoms with E-state index in [0.717, 1.165) is 32.1 Å². The molecule has 3 aliphatic rings. The standard InChI is InChI=1S/C32H39N3O7/c1-19-10-8-6-5-7-9-11-21-17-32(21,31(39)41-4)34-29(37)27-15-23(18-35(27)30(19)38)42-28-16-25(20(2)36)33-26-14-22(40-3)12-13-24(26)28/h9,11-14,16,19,21,23,27H,5-8,10,15,17-18H2,1-4H3,(H,34,37)/b11-9-/t19-,21?,23+,27-,32+/m0/s1. The minimum Gasteiger partial charge on any atom is -0.497 e. The predicted octanol–water partition coefficient (Wildman–Crippen LogP) is 4.00. The number of fused-ring (bicyclic) bond motifs is 3. The van der Waals surface area contributed by atoms with Crippen LogP contribution in [0.2, 0.25) is 0 Å². The van der Waals surface area contributed by atoms with Gasteiger partial charge in [0.2, 0.25) is 11.8 Å². The monoisotopic (exact) mass is 577 g/mol. The van der Waals surface area contributed by atoms with E-state index in [4.69, 9.17) is 14.2 Å². The van der Waals surface area contributed by atoms with Gasteiger partial charge in [0.15, 0.2) is 5.78 Å². The summed E-state index contributed by atoms with van der Waals surface area (Å²) in [6, 6.07) is 6.12. The number of ketones is 1. The van der Waals surface area contributed by atoms with Crippen molar-refractivity contribution < 1.29 is 33.4 Å². The van der Waals surface area contributed by atoms with Gasteiger partial charge in [-0.3, -0.25) is 14.4 Å². The quantitative estimate of drug-likeness (QED) is 0.321. The molecule has 1 unspecified atom stereocenters. The molecule has 224 valence electrons. The van der Waals surface area contributed by atoms with Crippen LogP contribution in [0.4, 0.5) is 0 Å². The van der Waals surface area contributed by atoms with Crippen molar-refractivity contribution in [3.8, 4) is 11.5 Å². The molecule has 2 amide bonds. The van der Waals surface area contributed by atoms with Gasteiger partial charge in [0, 0.05) is 42.7 Å². The molecule has 1 N–H and O–H groups in total. The van der Waals surface area contributed by atoms with Gasteiger partial charge < -0.3 is 24.4 Å². The molecule has 1 aliphatic carbocycles. The van der Waals surface area contributed by atoms with Crippen LogP contribution in [0, 0.1) is 11.8 Å². The Morgan fingerprint density at radius 2 is 1.93 bits per heavy atom. The number of Topliss-reactive ketones (excluding diaryl/α,β-unsaturated/α-hetero) is 1. The maximum atomic E-state index is 13.8. The lowest BCUT2D eigenvalue weighted by Crippen LogP contribution is -2.53. The highest BCUT2D eigenvalue weighted by Crippen LogP contribution is 2.46. The van der Waals surface area contributed by atoms with E-state index in [9.17, 15) is 19.2 Å². The number of ether oxygens (including phenoxy) is 3. The second-order valence-electron chi connectivity index (χ2n) is 11.7. The first-order chi connectivity index (χ1) is 20.2. The smallest absolute Gasteiger partial charge is 0.332 e. The van der Waals surface area contributed by atoms with E-state index in [1.807, 2.05) is 19.1 Å². The number of allylic oxidation sites excluding steroid dienone is 1. The van der Waals surface area contributed by atoms with Crippen LogP contribution >= 0.6 is 0 Å². The summed E-state index contributed by atoms with van der Waals surface area (Å²) in [7, 11) is 2.87. The molecule has 2 aromatic rings. The number of nitrogens with zero attached hydrogens (tertiary/aromatic N) is 2. The summed E-state index contributed by atoms with van der Waals surface area (Å²) < 4.78 is 16.9. The highest BCUT2D eigenvalue weighted by atomic mass is 16.5. The van der Waals surface area contributed by atoms with Gasteiger partial charge in [-0.2, -0.15) is 0 Å². The van der Waals surface area contributed by atoms with Crippen molar-refractivity contribution in [1.82, 2.24) is 15.2 Å². The minimum absolute atomic E-state index is 0.109. The van der Waals surface area contributed by atoms with Crippen molar-refractivity contribution in [1.29, 1.82) is 0 Å².